The number of rotatable bonds is 2. The highest BCUT2D eigenvalue weighted by Crippen LogP contribution is 2.01. The Labute approximate surface area is 80.5 Å². The van der Waals surface area contributed by atoms with Gasteiger partial charge in [-0.25, -0.2) is 9.79 Å². The van der Waals surface area contributed by atoms with E-state index in [0.717, 1.165) is 0 Å². The van der Waals surface area contributed by atoms with Gasteiger partial charge in [0.2, 0.25) is 0 Å². The fourth-order valence-electron chi connectivity index (χ4n) is 0.842. The average Bonchev–Trinajstić information content (AvgIpc) is 2.08. The number of aromatic nitrogens is 2. The quantitative estimate of drug-likeness (QED) is 0.502. The molecule has 1 aromatic rings. The van der Waals surface area contributed by atoms with Crippen molar-refractivity contribution in [3.05, 3.63) is 26.9 Å². The van der Waals surface area contributed by atoms with Gasteiger partial charge >= 0.3 is 5.69 Å². The van der Waals surface area contributed by atoms with Gasteiger partial charge in [0.25, 0.3) is 5.56 Å². The zero-order valence-corrected chi connectivity index (χ0v) is 8.31. The van der Waals surface area contributed by atoms with Crippen LogP contribution in [0.2, 0.25) is 0 Å². The summed E-state index contributed by atoms with van der Waals surface area (Å²) in [6.45, 7) is 0. The minimum atomic E-state index is -0.469. The first kappa shape index (κ1) is 10.2. The number of nitrogens with one attached hydrogen (secondary N) is 1. The summed E-state index contributed by atoms with van der Waals surface area (Å²) in [5.41, 5.74) is -0.914. The lowest BCUT2D eigenvalue weighted by Crippen LogP contribution is -2.27. The van der Waals surface area contributed by atoms with Crippen LogP contribution in [0.25, 0.3) is 0 Å². The van der Waals surface area contributed by atoms with Crippen LogP contribution in [-0.2, 0) is 7.05 Å². The Kier molecular flexibility index (Phi) is 2.85. The van der Waals surface area contributed by atoms with Crippen LogP contribution in [0.1, 0.15) is 0 Å². The molecule has 1 heterocycles. The smallest absolute Gasteiger partial charge is 0.329 e. The van der Waals surface area contributed by atoms with Crippen molar-refractivity contribution >= 4 is 12.2 Å². The Bertz CT molecular complexity index is 455. The third kappa shape index (κ3) is 2.32. The maximum atomic E-state index is 11.1. The maximum Gasteiger partial charge on any atom is 0.329 e. The molecule has 0 bridgehead atoms. The predicted molar refractivity (Wildman–Crippen MR) is 54.1 cm³/mol. The van der Waals surface area contributed by atoms with E-state index in [1.165, 1.54) is 17.0 Å². The van der Waals surface area contributed by atoms with Crippen molar-refractivity contribution in [2.45, 2.75) is 0 Å². The zero-order valence-electron chi connectivity index (χ0n) is 8.31. The van der Waals surface area contributed by atoms with Gasteiger partial charge in [0.1, 0.15) is 5.82 Å². The van der Waals surface area contributed by atoms with Gasteiger partial charge in [-0.1, -0.05) is 0 Å². The van der Waals surface area contributed by atoms with Crippen molar-refractivity contribution in [1.82, 2.24) is 14.5 Å². The van der Waals surface area contributed by atoms with Crippen LogP contribution in [0.4, 0.5) is 5.82 Å². The maximum absolute atomic E-state index is 11.1. The van der Waals surface area contributed by atoms with Gasteiger partial charge in [-0.3, -0.25) is 14.3 Å². The van der Waals surface area contributed by atoms with E-state index in [1.807, 2.05) is 0 Å². The molecular weight excluding hydrogens is 184 g/mol. The Morgan fingerprint density at radius 3 is 2.71 bits per heavy atom. The highest BCUT2D eigenvalue weighted by atomic mass is 16.2. The minimum absolute atomic E-state index is 0.326. The zero-order chi connectivity index (χ0) is 10.7. The number of nitrogens with zero attached hydrogens (tertiary/aromatic N) is 3. The Morgan fingerprint density at radius 2 is 2.14 bits per heavy atom. The molecule has 0 saturated heterocycles. The van der Waals surface area contributed by atoms with Crippen LogP contribution in [0.3, 0.4) is 0 Å². The fourth-order valence-corrected chi connectivity index (χ4v) is 0.842. The summed E-state index contributed by atoms with van der Waals surface area (Å²) in [4.78, 5) is 29.9. The average molecular weight is 196 g/mol. The summed E-state index contributed by atoms with van der Waals surface area (Å²) in [6.07, 6.45) is 1.52. The molecule has 1 aromatic heterocycles. The molecule has 76 valence electrons. The summed E-state index contributed by atoms with van der Waals surface area (Å²) < 4.78 is 1.27. The Morgan fingerprint density at radius 1 is 1.50 bits per heavy atom. The molecule has 0 aromatic carbocycles. The number of hydrogen-bond donors (Lipinski definition) is 1. The van der Waals surface area contributed by atoms with Crippen molar-refractivity contribution in [2.24, 2.45) is 12.0 Å². The standard InChI is InChI=1S/C8H12N4O2/c1-11(2)5-9-6-4-7(13)10-8(14)12(6)3/h4-5H,1-3H3,(H,10,13,14)/b9-5+. The van der Waals surface area contributed by atoms with E-state index in [2.05, 4.69) is 9.98 Å². The summed E-state index contributed by atoms with van der Waals surface area (Å²) in [5.74, 6) is 0.326. The van der Waals surface area contributed by atoms with E-state index < -0.39 is 11.2 Å². The van der Waals surface area contributed by atoms with E-state index in [4.69, 9.17) is 0 Å². The third-order valence-electron chi connectivity index (χ3n) is 1.56. The topological polar surface area (TPSA) is 70.5 Å². The second-order valence-electron chi connectivity index (χ2n) is 3.06. The molecule has 0 aliphatic carbocycles. The molecule has 0 saturated carbocycles. The molecule has 0 unspecified atom stereocenters. The molecule has 0 spiro atoms. The lowest BCUT2D eigenvalue weighted by atomic mass is 10.5. The number of hydrogen-bond acceptors (Lipinski definition) is 3. The second kappa shape index (κ2) is 3.91. The minimum Gasteiger partial charge on any atom is -0.369 e. The lowest BCUT2D eigenvalue weighted by Gasteiger charge is -2.04. The van der Waals surface area contributed by atoms with Crippen LogP contribution < -0.4 is 11.2 Å². The molecule has 6 nitrogen and oxygen atoms in total. The molecule has 0 radical (unpaired) electrons. The van der Waals surface area contributed by atoms with Crippen LogP contribution in [-0.4, -0.2) is 34.9 Å². The molecule has 0 aliphatic rings. The van der Waals surface area contributed by atoms with E-state index in [9.17, 15) is 9.59 Å². The van der Waals surface area contributed by atoms with Gasteiger partial charge in [-0.15, -0.1) is 0 Å². The van der Waals surface area contributed by atoms with Crippen molar-refractivity contribution in [3.8, 4) is 0 Å². The Hall–Kier alpha value is -1.85. The van der Waals surface area contributed by atoms with E-state index in [1.54, 1.807) is 26.0 Å². The number of aliphatic imine (C=N–C) groups is 1. The second-order valence-corrected chi connectivity index (χ2v) is 3.06. The summed E-state index contributed by atoms with van der Waals surface area (Å²) in [5, 5.41) is 0. The monoisotopic (exact) mass is 196 g/mol. The summed E-state index contributed by atoms with van der Waals surface area (Å²) >= 11 is 0. The number of H-pyrrole nitrogens is 1. The predicted octanol–water partition coefficient (Wildman–Crippen LogP) is -0.705. The molecule has 14 heavy (non-hydrogen) atoms. The molecule has 6 heteroatoms. The van der Waals surface area contributed by atoms with E-state index >= 15 is 0 Å². The lowest BCUT2D eigenvalue weighted by molar-refractivity contribution is 0.641. The van der Waals surface area contributed by atoms with Crippen LogP contribution >= 0.6 is 0 Å². The van der Waals surface area contributed by atoms with Gasteiger partial charge in [-0.2, -0.15) is 0 Å². The largest absolute Gasteiger partial charge is 0.369 e. The summed E-state index contributed by atoms with van der Waals surface area (Å²) in [7, 11) is 5.14. The molecule has 0 fully saturated rings. The molecule has 1 N–H and O–H groups in total. The first-order valence-electron chi connectivity index (χ1n) is 4.01. The molecule has 0 aliphatic heterocycles. The van der Waals surface area contributed by atoms with Gasteiger partial charge in [0.15, 0.2) is 0 Å². The van der Waals surface area contributed by atoms with Crippen molar-refractivity contribution in [1.29, 1.82) is 0 Å². The van der Waals surface area contributed by atoms with Gasteiger partial charge in [0, 0.05) is 27.2 Å². The molecule has 1 rings (SSSR count). The highest BCUT2D eigenvalue weighted by Gasteiger charge is 1.98. The normalized spacial score (nSPS) is 10.8. The van der Waals surface area contributed by atoms with Crippen molar-refractivity contribution in [3.63, 3.8) is 0 Å². The number of aromatic amines is 1. The van der Waals surface area contributed by atoms with Gasteiger partial charge < -0.3 is 4.90 Å². The third-order valence-corrected chi connectivity index (χ3v) is 1.56. The molecule has 0 amide bonds. The van der Waals surface area contributed by atoms with Crippen LogP contribution in [0.15, 0.2) is 20.6 Å². The van der Waals surface area contributed by atoms with Crippen LogP contribution in [0.5, 0.6) is 0 Å². The van der Waals surface area contributed by atoms with Crippen molar-refractivity contribution in [2.75, 3.05) is 14.1 Å². The SMILES string of the molecule is CN(C)/C=N/c1cc(=O)[nH]c(=O)n1C. The molecule has 0 atom stereocenters. The van der Waals surface area contributed by atoms with E-state index in [-0.39, 0.29) is 0 Å². The van der Waals surface area contributed by atoms with E-state index in [0.29, 0.717) is 5.82 Å². The highest BCUT2D eigenvalue weighted by molar-refractivity contribution is 5.58. The fraction of sp³-hybridized carbons (Fsp3) is 0.375. The van der Waals surface area contributed by atoms with Crippen LogP contribution in [0, 0.1) is 0 Å². The van der Waals surface area contributed by atoms with Crippen molar-refractivity contribution < 1.29 is 0 Å². The summed E-state index contributed by atoms with van der Waals surface area (Å²) in [6, 6.07) is 1.27. The first-order valence-corrected chi connectivity index (χ1v) is 4.01. The Balaban J connectivity index is 3.22. The van der Waals surface area contributed by atoms with Gasteiger partial charge in [0.05, 0.1) is 6.34 Å². The van der Waals surface area contributed by atoms with Gasteiger partial charge in [-0.05, 0) is 0 Å². The first-order chi connectivity index (χ1) is 6.50. The molecular formula is C8H12N4O2.